The molecule has 0 saturated carbocycles. The smallest absolute Gasteiger partial charge is 0.410 e. The molecular weight excluding hydrogens is 402 g/mol. The lowest BCUT2D eigenvalue weighted by Gasteiger charge is -2.29. The summed E-state index contributed by atoms with van der Waals surface area (Å²) in [5.41, 5.74) is 5.01. The monoisotopic (exact) mass is 435 g/mol. The van der Waals surface area contributed by atoms with Crippen molar-refractivity contribution in [2.75, 3.05) is 13.1 Å². The van der Waals surface area contributed by atoms with E-state index in [0.29, 0.717) is 19.7 Å². The Kier molecular flexibility index (Phi) is 7.73. The van der Waals surface area contributed by atoms with Gasteiger partial charge >= 0.3 is 12.1 Å². The van der Waals surface area contributed by atoms with Crippen molar-refractivity contribution < 1.29 is 19.1 Å². The molecule has 1 amide bonds. The Balaban J connectivity index is 1.61. The summed E-state index contributed by atoms with van der Waals surface area (Å²) in [6, 6.07) is 16.0. The highest BCUT2D eigenvalue weighted by molar-refractivity contribution is 5.75. The molecule has 0 unspecified atom stereocenters. The highest BCUT2D eigenvalue weighted by Crippen LogP contribution is 2.26. The van der Waals surface area contributed by atoms with E-state index in [1.54, 1.807) is 4.90 Å². The number of esters is 1. The summed E-state index contributed by atoms with van der Waals surface area (Å²) >= 11 is 0. The molecular formula is C27H33NO4. The molecule has 5 nitrogen and oxygen atoms in total. The summed E-state index contributed by atoms with van der Waals surface area (Å²) < 4.78 is 10.9. The Morgan fingerprint density at radius 3 is 2.41 bits per heavy atom. The number of rotatable bonds is 6. The summed E-state index contributed by atoms with van der Waals surface area (Å²) in [5, 5.41) is 0. The van der Waals surface area contributed by atoms with Crippen LogP contribution in [-0.4, -0.2) is 35.7 Å². The number of aryl methyl sites for hydroxylation is 1. The lowest BCUT2D eigenvalue weighted by atomic mass is 9.93. The predicted octanol–water partition coefficient (Wildman–Crippen LogP) is 5.56. The zero-order valence-corrected chi connectivity index (χ0v) is 19.5. The zero-order valence-electron chi connectivity index (χ0n) is 19.5. The third-order valence-corrected chi connectivity index (χ3v) is 5.40. The van der Waals surface area contributed by atoms with Gasteiger partial charge < -0.3 is 14.4 Å². The normalized spacial score (nSPS) is 14.0. The van der Waals surface area contributed by atoms with Gasteiger partial charge in [-0.1, -0.05) is 61.5 Å². The first-order valence-electron chi connectivity index (χ1n) is 11.2. The third kappa shape index (κ3) is 6.71. The standard InChI is InChI=1S/C27H33NO4/c1-5-21-17-23(22-13-15-28(16-14-22)26(30)32-27(2,3)4)11-12-24(21)18-25(29)31-19-20-9-7-6-8-10-20/h6-13,17H,5,14-16,18-19H2,1-4H3. The van der Waals surface area contributed by atoms with Crippen LogP contribution in [0.3, 0.4) is 0 Å². The molecule has 170 valence electrons. The van der Waals surface area contributed by atoms with Crippen molar-refractivity contribution in [2.45, 2.75) is 59.2 Å². The molecule has 0 spiro atoms. The van der Waals surface area contributed by atoms with Crippen LogP contribution in [0.1, 0.15) is 56.4 Å². The highest BCUT2D eigenvalue weighted by atomic mass is 16.6. The van der Waals surface area contributed by atoms with Gasteiger partial charge in [-0.15, -0.1) is 0 Å². The van der Waals surface area contributed by atoms with Crippen LogP contribution >= 0.6 is 0 Å². The molecule has 0 atom stereocenters. The molecule has 0 radical (unpaired) electrons. The van der Waals surface area contributed by atoms with Gasteiger partial charge in [-0.05, 0) is 61.4 Å². The largest absolute Gasteiger partial charge is 0.461 e. The van der Waals surface area contributed by atoms with Crippen LogP contribution in [0.5, 0.6) is 0 Å². The minimum Gasteiger partial charge on any atom is -0.461 e. The number of benzene rings is 2. The van der Waals surface area contributed by atoms with Gasteiger partial charge in [0.25, 0.3) is 0 Å². The SMILES string of the molecule is CCc1cc(C2=CCN(C(=O)OC(C)(C)C)CC2)ccc1CC(=O)OCc1ccccc1. The van der Waals surface area contributed by atoms with Gasteiger partial charge in [-0.3, -0.25) is 4.79 Å². The maximum Gasteiger partial charge on any atom is 0.410 e. The molecule has 1 aliphatic heterocycles. The van der Waals surface area contributed by atoms with Crippen LogP contribution in [0.25, 0.3) is 5.57 Å². The summed E-state index contributed by atoms with van der Waals surface area (Å²) in [5.74, 6) is -0.221. The molecule has 3 rings (SSSR count). The molecule has 0 saturated heterocycles. The second-order valence-electron chi connectivity index (χ2n) is 9.07. The number of carbonyl (C=O) groups excluding carboxylic acids is 2. The van der Waals surface area contributed by atoms with E-state index in [9.17, 15) is 9.59 Å². The Labute approximate surface area is 191 Å². The quantitative estimate of drug-likeness (QED) is 0.558. The van der Waals surface area contributed by atoms with Gasteiger partial charge in [0.2, 0.25) is 0 Å². The fourth-order valence-electron chi connectivity index (χ4n) is 3.70. The van der Waals surface area contributed by atoms with Crippen molar-refractivity contribution in [3.8, 4) is 0 Å². The van der Waals surface area contributed by atoms with Gasteiger partial charge in [0.1, 0.15) is 12.2 Å². The molecule has 32 heavy (non-hydrogen) atoms. The average Bonchev–Trinajstić information content (AvgIpc) is 2.77. The van der Waals surface area contributed by atoms with E-state index in [2.05, 4.69) is 25.1 Å². The van der Waals surface area contributed by atoms with Crippen LogP contribution < -0.4 is 0 Å². The van der Waals surface area contributed by atoms with Gasteiger partial charge in [-0.25, -0.2) is 4.79 Å². The summed E-state index contributed by atoms with van der Waals surface area (Å²) in [6.07, 6.45) is 3.71. The van der Waals surface area contributed by atoms with E-state index >= 15 is 0 Å². The van der Waals surface area contributed by atoms with Crippen LogP contribution in [0, 0.1) is 0 Å². The first kappa shape index (κ1) is 23.6. The van der Waals surface area contributed by atoms with E-state index in [0.717, 1.165) is 35.1 Å². The summed E-state index contributed by atoms with van der Waals surface area (Å²) in [7, 11) is 0. The number of ether oxygens (including phenoxy) is 2. The lowest BCUT2D eigenvalue weighted by molar-refractivity contribution is -0.144. The molecule has 0 fully saturated rings. The Morgan fingerprint density at radius 2 is 1.78 bits per heavy atom. The van der Waals surface area contributed by atoms with Crippen molar-refractivity contribution in [1.29, 1.82) is 0 Å². The zero-order chi connectivity index (χ0) is 23.1. The van der Waals surface area contributed by atoms with Gasteiger partial charge in [0, 0.05) is 13.1 Å². The van der Waals surface area contributed by atoms with E-state index in [1.165, 1.54) is 5.57 Å². The molecule has 0 aromatic heterocycles. The molecule has 0 bridgehead atoms. The number of hydrogen-bond acceptors (Lipinski definition) is 4. The van der Waals surface area contributed by atoms with Gasteiger partial charge in [0.05, 0.1) is 6.42 Å². The van der Waals surface area contributed by atoms with Crippen molar-refractivity contribution in [3.63, 3.8) is 0 Å². The molecule has 0 aliphatic carbocycles. The van der Waals surface area contributed by atoms with Crippen molar-refractivity contribution >= 4 is 17.6 Å². The first-order valence-corrected chi connectivity index (χ1v) is 11.2. The van der Waals surface area contributed by atoms with Crippen LogP contribution in [-0.2, 0) is 33.7 Å². The van der Waals surface area contributed by atoms with E-state index in [1.807, 2.05) is 57.2 Å². The number of nitrogens with zero attached hydrogens (tertiary/aromatic N) is 1. The van der Waals surface area contributed by atoms with Crippen molar-refractivity contribution in [1.82, 2.24) is 4.90 Å². The van der Waals surface area contributed by atoms with Gasteiger partial charge in [0.15, 0.2) is 0 Å². The minimum absolute atomic E-state index is 0.221. The molecule has 2 aromatic carbocycles. The Hall–Kier alpha value is -3.08. The van der Waals surface area contributed by atoms with Crippen molar-refractivity contribution in [3.05, 3.63) is 76.9 Å². The molecule has 1 heterocycles. The van der Waals surface area contributed by atoms with E-state index in [-0.39, 0.29) is 18.5 Å². The number of amides is 1. The predicted molar refractivity (Wildman–Crippen MR) is 126 cm³/mol. The van der Waals surface area contributed by atoms with E-state index < -0.39 is 5.60 Å². The fraction of sp³-hybridized carbons (Fsp3) is 0.407. The van der Waals surface area contributed by atoms with Crippen LogP contribution in [0.4, 0.5) is 4.79 Å². The van der Waals surface area contributed by atoms with Crippen LogP contribution in [0.15, 0.2) is 54.6 Å². The minimum atomic E-state index is -0.491. The van der Waals surface area contributed by atoms with Crippen LogP contribution in [0.2, 0.25) is 0 Å². The van der Waals surface area contributed by atoms with E-state index in [4.69, 9.17) is 9.47 Å². The molecule has 1 aliphatic rings. The lowest BCUT2D eigenvalue weighted by Crippen LogP contribution is -2.39. The molecule has 5 heteroatoms. The molecule has 2 aromatic rings. The Bertz CT molecular complexity index is 973. The highest BCUT2D eigenvalue weighted by Gasteiger charge is 2.24. The first-order chi connectivity index (χ1) is 15.2. The average molecular weight is 436 g/mol. The van der Waals surface area contributed by atoms with Crippen molar-refractivity contribution in [2.24, 2.45) is 0 Å². The van der Waals surface area contributed by atoms with Gasteiger partial charge in [-0.2, -0.15) is 0 Å². The summed E-state index contributed by atoms with van der Waals surface area (Å²) in [4.78, 5) is 26.4. The fourth-order valence-corrected chi connectivity index (χ4v) is 3.70. The summed E-state index contributed by atoms with van der Waals surface area (Å²) in [6.45, 7) is 9.19. The number of carbonyl (C=O) groups is 2. The second-order valence-corrected chi connectivity index (χ2v) is 9.07. The Morgan fingerprint density at radius 1 is 1.03 bits per heavy atom. The topological polar surface area (TPSA) is 55.8 Å². The maximum atomic E-state index is 12.4. The molecule has 0 N–H and O–H groups in total. The third-order valence-electron chi connectivity index (χ3n) is 5.40. The number of hydrogen-bond donors (Lipinski definition) is 0. The maximum absolute atomic E-state index is 12.4. The second kappa shape index (κ2) is 10.5.